The standard InChI is InChI=1S/C8H9ClO.C5H5N/c1-10-8-4-2-7(6-9)3-5-8;1-2-4-6-5-3-1/h2-5H,6H2,1H3;1-5H. The van der Waals surface area contributed by atoms with Crippen molar-refractivity contribution in [3.05, 3.63) is 60.4 Å². The molecule has 0 aliphatic heterocycles. The number of pyridine rings is 1. The summed E-state index contributed by atoms with van der Waals surface area (Å²) in [6.07, 6.45) is 3.50. The predicted molar refractivity (Wildman–Crippen MR) is 66.8 cm³/mol. The van der Waals surface area contributed by atoms with Crippen LogP contribution in [-0.2, 0) is 5.88 Å². The minimum Gasteiger partial charge on any atom is -0.497 e. The van der Waals surface area contributed by atoms with Crippen molar-refractivity contribution >= 4 is 11.6 Å². The summed E-state index contributed by atoms with van der Waals surface area (Å²) in [4.78, 5) is 3.78. The number of nitrogens with zero attached hydrogens (tertiary/aromatic N) is 1. The molecule has 0 spiro atoms. The van der Waals surface area contributed by atoms with Gasteiger partial charge in [-0.3, -0.25) is 4.98 Å². The highest BCUT2D eigenvalue weighted by Gasteiger charge is 1.90. The summed E-state index contributed by atoms with van der Waals surface area (Å²) in [5, 5.41) is 0. The van der Waals surface area contributed by atoms with Crippen molar-refractivity contribution in [2.75, 3.05) is 7.11 Å². The third kappa shape index (κ3) is 4.80. The van der Waals surface area contributed by atoms with Crippen molar-refractivity contribution in [3.63, 3.8) is 0 Å². The zero-order valence-corrected chi connectivity index (χ0v) is 9.89. The minimum atomic E-state index is 0.560. The molecule has 2 rings (SSSR count). The molecule has 0 N–H and O–H groups in total. The molecule has 84 valence electrons. The van der Waals surface area contributed by atoms with E-state index in [4.69, 9.17) is 16.3 Å². The molecule has 0 atom stereocenters. The first-order valence-electron chi connectivity index (χ1n) is 4.90. The van der Waals surface area contributed by atoms with Gasteiger partial charge in [-0.25, -0.2) is 0 Å². The second-order valence-corrected chi connectivity index (χ2v) is 3.27. The number of ether oxygens (including phenoxy) is 1. The molecule has 0 saturated heterocycles. The number of aromatic nitrogens is 1. The Labute approximate surface area is 101 Å². The Bertz CT molecular complexity index is 325. The topological polar surface area (TPSA) is 22.1 Å². The molecule has 0 fully saturated rings. The largest absolute Gasteiger partial charge is 0.497 e. The van der Waals surface area contributed by atoms with Gasteiger partial charge < -0.3 is 4.74 Å². The van der Waals surface area contributed by atoms with E-state index < -0.39 is 0 Å². The zero-order chi connectivity index (χ0) is 11.6. The fourth-order valence-corrected chi connectivity index (χ4v) is 1.21. The number of alkyl halides is 1. The van der Waals surface area contributed by atoms with Gasteiger partial charge in [-0.15, -0.1) is 11.6 Å². The van der Waals surface area contributed by atoms with Gasteiger partial charge in [0.2, 0.25) is 0 Å². The van der Waals surface area contributed by atoms with Crippen LogP contribution in [0.15, 0.2) is 54.9 Å². The third-order valence-corrected chi connectivity index (χ3v) is 2.19. The van der Waals surface area contributed by atoms with Crippen LogP contribution in [0.4, 0.5) is 0 Å². The molecule has 1 heterocycles. The van der Waals surface area contributed by atoms with Gasteiger partial charge in [0.05, 0.1) is 7.11 Å². The highest BCUT2D eigenvalue weighted by atomic mass is 35.5. The number of rotatable bonds is 2. The molecule has 16 heavy (non-hydrogen) atoms. The summed E-state index contributed by atoms with van der Waals surface area (Å²) in [5.74, 6) is 1.43. The van der Waals surface area contributed by atoms with E-state index in [2.05, 4.69) is 4.98 Å². The van der Waals surface area contributed by atoms with Gasteiger partial charge in [0.1, 0.15) is 5.75 Å². The maximum absolute atomic E-state index is 5.58. The molecule has 0 radical (unpaired) electrons. The van der Waals surface area contributed by atoms with E-state index in [1.54, 1.807) is 19.5 Å². The monoisotopic (exact) mass is 235 g/mol. The molecule has 0 aliphatic carbocycles. The summed E-state index contributed by atoms with van der Waals surface area (Å²) in [6.45, 7) is 0. The highest BCUT2D eigenvalue weighted by Crippen LogP contribution is 2.12. The fraction of sp³-hybridized carbons (Fsp3) is 0.154. The number of hydrogen-bond acceptors (Lipinski definition) is 2. The summed E-state index contributed by atoms with van der Waals surface area (Å²) in [6, 6.07) is 13.4. The number of methoxy groups -OCH3 is 1. The van der Waals surface area contributed by atoms with Crippen LogP contribution >= 0.6 is 11.6 Å². The lowest BCUT2D eigenvalue weighted by Gasteiger charge is -1.98. The van der Waals surface area contributed by atoms with Gasteiger partial charge in [-0.05, 0) is 29.8 Å². The van der Waals surface area contributed by atoms with Crippen LogP contribution in [0.25, 0.3) is 0 Å². The van der Waals surface area contributed by atoms with Crippen LogP contribution in [0.1, 0.15) is 5.56 Å². The maximum Gasteiger partial charge on any atom is 0.118 e. The second kappa shape index (κ2) is 7.71. The Balaban J connectivity index is 0.000000181. The maximum atomic E-state index is 5.58. The van der Waals surface area contributed by atoms with Gasteiger partial charge in [-0.1, -0.05) is 18.2 Å². The Morgan fingerprint density at radius 3 is 2.00 bits per heavy atom. The summed E-state index contributed by atoms with van der Waals surface area (Å²) < 4.78 is 4.97. The van der Waals surface area contributed by atoms with E-state index in [1.807, 2.05) is 42.5 Å². The first-order chi connectivity index (χ1) is 7.86. The van der Waals surface area contributed by atoms with E-state index in [1.165, 1.54) is 0 Å². The molecule has 0 amide bonds. The molecule has 0 unspecified atom stereocenters. The third-order valence-electron chi connectivity index (χ3n) is 1.88. The quantitative estimate of drug-likeness (QED) is 0.744. The van der Waals surface area contributed by atoms with Crippen molar-refractivity contribution in [1.82, 2.24) is 4.98 Å². The van der Waals surface area contributed by atoms with Crippen molar-refractivity contribution < 1.29 is 4.74 Å². The van der Waals surface area contributed by atoms with Gasteiger partial charge in [0, 0.05) is 18.3 Å². The molecule has 3 heteroatoms. The van der Waals surface area contributed by atoms with Crippen molar-refractivity contribution in [2.45, 2.75) is 5.88 Å². The molecule has 0 saturated carbocycles. The Morgan fingerprint density at radius 1 is 1.06 bits per heavy atom. The molecular weight excluding hydrogens is 222 g/mol. The lowest BCUT2D eigenvalue weighted by atomic mass is 10.2. The molecular formula is C13H14ClNO. The van der Waals surface area contributed by atoms with Crippen LogP contribution in [0, 0.1) is 0 Å². The van der Waals surface area contributed by atoms with Crippen LogP contribution in [0.5, 0.6) is 5.75 Å². The van der Waals surface area contributed by atoms with E-state index in [-0.39, 0.29) is 0 Å². The Hall–Kier alpha value is -1.54. The van der Waals surface area contributed by atoms with Crippen molar-refractivity contribution in [1.29, 1.82) is 0 Å². The normalized spacial score (nSPS) is 8.88. The Kier molecular flexibility index (Phi) is 6.04. The molecule has 1 aromatic carbocycles. The summed E-state index contributed by atoms with van der Waals surface area (Å²) in [5.41, 5.74) is 1.11. The smallest absolute Gasteiger partial charge is 0.118 e. The second-order valence-electron chi connectivity index (χ2n) is 3.01. The highest BCUT2D eigenvalue weighted by molar-refractivity contribution is 6.17. The average Bonchev–Trinajstić information content (AvgIpc) is 2.41. The lowest BCUT2D eigenvalue weighted by Crippen LogP contribution is -1.82. The van der Waals surface area contributed by atoms with E-state index in [9.17, 15) is 0 Å². The van der Waals surface area contributed by atoms with Crippen LogP contribution in [0.2, 0.25) is 0 Å². The van der Waals surface area contributed by atoms with Crippen molar-refractivity contribution in [2.24, 2.45) is 0 Å². The number of hydrogen-bond donors (Lipinski definition) is 0. The molecule has 0 bridgehead atoms. The van der Waals surface area contributed by atoms with Gasteiger partial charge in [0.25, 0.3) is 0 Å². The molecule has 0 aliphatic rings. The lowest BCUT2D eigenvalue weighted by molar-refractivity contribution is 0.414. The van der Waals surface area contributed by atoms with E-state index >= 15 is 0 Å². The first kappa shape index (κ1) is 12.5. The molecule has 1 aromatic heterocycles. The number of halogens is 1. The van der Waals surface area contributed by atoms with Crippen LogP contribution < -0.4 is 4.74 Å². The van der Waals surface area contributed by atoms with Crippen molar-refractivity contribution in [3.8, 4) is 5.75 Å². The number of benzene rings is 1. The fourth-order valence-electron chi connectivity index (χ4n) is 1.03. The zero-order valence-electron chi connectivity index (χ0n) is 9.14. The summed E-state index contributed by atoms with van der Waals surface area (Å²) in [7, 11) is 1.65. The van der Waals surface area contributed by atoms with Gasteiger partial charge in [-0.2, -0.15) is 0 Å². The van der Waals surface area contributed by atoms with Gasteiger partial charge in [0.15, 0.2) is 0 Å². The Morgan fingerprint density at radius 2 is 1.69 bits per heavy atom. The predicted octanol–water partition coefficient (Wildman–Crippen LogP) is 3.52. The van der Waals surface area contributed by atoms with Gasteiger partial charge >= 0.3 is 0 Å². The van der Waals surface area contributed by atoms with Crippen LogP contribution in [-0.4, -0.2) is 12.1 Å². The SMILES string of the molecule is COc1ccc(CCl)cc1.c1ccncc1. The van der Waals surface area contributed by atoms with Crippen LogP contribution in [0.3, 0.4) is 0 Å². The minimum absolute atomic E-state index is 0.560. The average molecular weight is 236 g/mol. The first-order valence-corrected chi connectivity index (χ1v) is 5.44. The van der Waals surface area contributed by atoms with E-state index in [0.29, 0.717) is 5.88 Å². The van der Waals surface area contributed by atoms with E-state index in [0.717, 1.165) is 11.3 Å². The molecule has 2 nitrogen and oxygen atoms in total. The molecule has 2 aromatic rings. The summed E-state index contributed by atoms with van der Waals surface area (Å²) >= 11 is 5.58.